The minimum atomic E-state index is -3.39. The molecular weight excluding hydrogens is 587 g/mol. The van der Waals surface area contributed by atoms with Gasteiger partial charge >= 0.3 is 0 Å². The summed E-state index contributed by atoms with van der Waals surface area (Å²) in [5, 5.41) is 3.46. The summed E-state index contributed by atoms with van der Waals surface area (Å²) in [6, 6.07) is 23.6. The highest BCUT2D eigenvalue weighted by Crippen LogP contribution is 2.54. The van der Waals surface area contributed by atoms with Crippen LogP contribution >= 0.6 is 30.3 Å². The molecule has 4 aromatic rings. The van der Waals surface area contributed by atoms with Gasteiger partial charge in [0.05, 0.1) is 28.5 Å². The van der Waals surface area contributed by atoms with Crippen molar-refractivity contribution in [1.29, 1.82) is 0 Å². The van der Waals surface area contributed by atoms with Gasteiger partial charge in [-0.05, 0) is 29.3 Å². The number of carbonyl (C=O) groups excluding carboxylic acids is 2. The number of ketones is 1. The van der Waals surface area contributed by atoms with Crippen LogP contribution in [-0.2, 0) is 22.3 Å². The van der Waals surface area contributed by atoms with Gasteiger partial charge in [-0.3, -0.25) is 19.5 Å². The Morgan fingerprint density at radius 3 is 1.93 bits per heavy atom. The number of aromatic nitrogens is 1. The van der Waals surface area contributed by atoms with E-state index >= 15 is 0 Å². The Labute approximate surface area is 257 Å². The Balaban J connectivity index is 1.69. The maximum absolute atomic E-state index is 14.4. The number of hydrogen-bond donors (Lipinski definition) is 1. The van der Waals surface area contributed by atoms with Crippen molar-refractivity contribution >= 4 is 47.1 Å². The monoisotopic (exact) mass is 622 g/mol. The molecule has 1 heterocycles. The van der Waals surface area contributed by atoms with Crippen LogP contribution in [0, 0.1) is 5.41 Å². The van der Waals surface area contributed by atoms with Crippen LogP contribution in [0.1, 0.15) is 78.4 Å². The molecule has 0 fully saturated rings. The zero-order valence-corrected chi connectivity index (χ0v) is 27.2. The summed E-state index contributed by atoms with van der Waals surface area (Å²) in [6.07, 6.45) is 0.373. The summed E-state index contributed by atoms with van der Waals surface area (Å²) < 4.78 is 20.7. The van der Waals surface area contributed by atoms with Crippen molar-refractivity contribution in [3.63, 3.8) is 0 Å². The van der Waals surface area contributed by atoms with Crippen molar-refractivity contribution in [2.24, 2.45) is 5.41 Å². The normalized spacial score (nSPS) is 12.2. The third kappa shape index (κ3) is 7.97. The van der Waals surface area contributed by atoms with Crippen LogP contribution in [0.15, 0.2) is 78.9 Å². The van der Waals surface area contributed by atoms with Crippen LogP contribution in [0.4, 0.5) is 5.13 Å². The zero-order valence-electron chi connectivity index (χ0n) is 24.7. The van der Waals surface area contributed by atoms with Crippen molar-refractivity contribution in [2.45, 2.75) is 59.3 Å². The van der Waals surface area contributed by atoms with Crippen molar-refractivity contribution < 1.29 is 18.7 Å². The van der Waals surface area contributed by atoms with Gasteiger partial charge in [0.2, 0.25) is 0 Å². The van der Waals surface area contributed by atoms with Crippen LogP contribution in [0.2, 0.25) is 5.02 Å². The van der Waals surface area contributed by atoms with E-state index in [1.54, 1.807) is 12.1 Å². The van der Waals surface area contributed by atoms with Crippen molar-refractivity contribution in [2.75, 3.05) is 5.32 Å². The molecule has 1 N–H and O–H groups in total. The summed E-state index contributed by atoms with van der Waals surface area (Å²) in [7, 11) is -3.39. The number of halogens is 1. The van der Waals surface area contributed by atoms with E-state index in [0.717, 1.165) is 22.5 Å². The number of hydrogen-bond acceptors (Lipinski definition) is 6. The molecular formula is C33H36ClN2O4PS. The van der Waals surface area contributed by atoms with Gasteiger partial charge in [0, 0.05) is 15.9 Å². The number of carbonyl (C=O) groups is 2. The number of nitrogens with one attached hydrogen (secondary N) is 1. The highest BCUT2D eigenvalue weighted by molar-refractivity contribution is 7.57. The van der Waals surface area contributed by atoms with Gasteiger partial charge < -0.3 is 4.52 Å². The maximum Gasteiger partial charge on any atom is 0.261 e. The molecule has 0 saturated carbocycles. The molecule has 3 aromatic carbocycles. The molecule has 0 atom stereocenters. The van der Waals surface area contributed by atoms with E-state index < -0.39 is 24.1 Å². The minimum absolute atomic E-state index is 0.0417. The van der Waals surface area contributed by atoms with Gasteiger partial charge in [0.15, 0.2) is 10.9 Å². The maximum atomic E-state index is 14.4. The Hall–Kier alpha value is -3.25. The lowest BCUT2D eigenvalue weighted by molar-refractivity contribution is 0.0860. The molecule has 220 valence electrons. The third-order valence-electron chi connectivity index (χ3n) is 6.43. The number of Topliss-reactive ketones (excluding diaryl/α,β-unsaturated/α-hetero) is 1. The first-order chi connectivity index (χ1) is 19.6. The van der Waals surface area contributed by atoms with Crippen LogP contribution < -0.4 is 9.84 Å². The average molecular weight is 623 g/mol. The van der Waals surface area contributed by atoms with E-state index in [-0.39, 0.29) is 29.4 Å². The van der Waals surface area contributed by atoms with Crippen LogP contribution in [0.3, 0.4) is 0 Å². The number of nitrogens with zero attached hydrogens (tertiary/aromatic N) is 1. The summed E-state index contributed by atoms with van der Waals surface area (Å²) >= 11 is 7.46. The average Bonchev–Trinajstić information content (AvgIpc) is 3.34. The summed E-state index contributed by atoms with van der Waals surface area (Å²) in [6.45, 7) is 11.5. The predicted octanol–water partition coefficient (Wildman–Crippen LogP) is 9.63. The molecule has 0 unspecified atom stereocenters. The predicted molar refractivity (Wildman–Crippen MR) is 173 cm³/mol. The van der Waals surface area contributed by atoms with E-state index in [9.17, 15) is 14.2 Å². The Morgan fingerprint density at radius 1 is 0.881 bits per heavy atom. The molecule has 0 aliphatic rings. The first-order valence-electron chi connectivity index (χ1n) is 13.7. The fraction of sp³-hybridized carbons (Fsp3) is 0.303. The van der Waals surface area contributed by atoms with Crippen molar-refractivity contribution in [3.05, 3.63) is 111 Å². The van der Waals surface area contributed by atoms with Crippen molar-refractivity contribution in [1.82, 2.24) is 4.98 Å². The fourth-order valence-electron chi connectivity index (χ4n) is 4.32. The number of anilines is 1. The summed E-state index contributed by atoms with van der Waals surface area (Å²) in [5.74, 6) is -0.409. The summed E-state index contributed by atoms with van der Waals surface area (Å²) in [4.78, 5) is 32.1. The molecule has 6 nitrogen and oxygen atoms in total. The molecule has 0 radical (unpaired) electrons. The Morgan fingerprint density at radius 2 is 1.43 bits per heavy atom. The van der Waals surface area contributed by atoms with Gasteiger partial charge in [0.1, 0.15) is 5.75 Å². The third-order valence-corrected chi connectivity index (χ3v) is 9.86. The molecule has 1 aromatic heterocycles. The Bertz CT molecular complexity index is 1580. The van der Waals surface area contributed by atoms with Crippen LogP contribution in [-0.4, -0.2) is 16.7 Å². The SMILES string of the molecule is CC(C)(C)C(=O)c1sc(NC(=O)c2cc(Cl)ccc2OP(=O)(Cc2ccccc2)Cc2ccccc2)nc1C(C)(C)C. The minimum Gasteiger partial charge on any atom is -0.441 e. The second-order valence-corrected chi connectivity index (χ2v) is 16.2. The zero-order chi connectivity index (χ0) is 30.7. The topological polar surface area (TPSA) is 85.4 Å². The smallest absolute Gasteiger partial charge is 0.261 e. The number of thiazole rings is 1. The summed E-state index contributed by atoms with van der Waals surface area (Å²) in [5.41, 5.74) is 1.46. The second-order valence-electron chi connectivity index (χ2n) is 12.3. The highest BCUT2D eigenvalue weighted by Gasteiger charge is 2.34. The molecule has 1 amide bonds. The quantitative estimate of drug-likeness (QED) is 0.148. The van der Waals surface area contributed by atoms with Gasteiger partial charge in [-0.25, -0.2) is 4.98 Å². The number of benzene rings is 3. The standard InChI is InChI=1S/C33H36ClN2O4PS/c1-32(2,3)28-27(29(37)33(4,5)6)42-31(35-28)36-30(38)25-19-24(34)17-18-26(25)40-41(39,20-22-13-9-7-10-14-22)21-23-15-11-8-12-16-23/h7-19H,20-21H2,1-6H3,(H,35,36,38). The molecule has 0 bridgehead atoms. The number of rotatable bonds is 9. The van der Waals surface area contributed by atoms with Crippen LogP contribution in [0.25, 0.3) is 0 Å². The van der Waals surface area contributed by atoms with E-state index in [1.165, 1.54) is 6.07 Å². The lowest BCUT2D eigenvalue weighted by Gasteiger charge is -2.22. The van der Waals surface area contributed by atoms with Crippen LogP contribution in [0.5, 0.6) is 5.75 Å². The molecule has 0 spiro atoms. The van der Waals surface area contributed by atoms with Gasteiger partial charge in [-0.2, -0.15) is 0 Å². The molecule has 4 rings (SSSR count). The lowest BCUT2D eigenvalue weighted by Crippen LogP contribution is -2.24. The molecule has 42 heavy (non-hydrogen) atoms. The first kappa shape index (κ1) is 31.7. The van der Waals surface area contributed by atoms with Gasteiger partial charge in [0.25, 0.3) is 13.3 Å². The fourth-order valence-corrected chi connectivity index (χ4v) is 8.11. The van der Waals surface area contributed by atoms with E-state index in [2.05, 4.69) is 10.3 Å². The lowest BCUT2D eigenvalue weighted by atomic mass is 9.84. The van der Waals surface area contributed by atoms with Crippen molar-refractivity contribution in [3.8, 4) is 5.75 Å². The van der Waals surface area contributed by atoms with Gasteiger partial charge in [-0.1, -0.05) is 125 Å². The molecule has 0 aliphatic heterocycles. The van der Waals surface area contributed by atoms with Gasteiger partial charge in [-0.15, -0.1) is 0 Å². The number of amides is 1. The molecule has 9 heteroatoms. The second kappa shape index (κ2) is 12.5. The first-order valence-corrected chi connectivity index (χ1v) is 16.9. The highest BCUT2D eigenvalue weighted by atomic mass is 35.5. The van der Waals surface area contributed by atoms with E-state index in [4.69, 9.17) is 16.1 Å². The molecule has 0 saturated heterocycles. The molecule has 0 aliphatic carbocycles. The van der Waals surface area contributed by atoms with E-state index in [1.807, 2.05) is 102 Å². The largest absolute Gasteiger partial charge is 0.441 e. The Kier molecular flexibility index (Phi) is 9.46. The van der Waals surface area contributed by atoms with E-state index in [0.29, 0.717) is 20.7 Å².